The lowest BCUT2D eigenvalue weighted by atomic mass is 10.9. The number of rotatable bonds is 4. The van der Waals surface area contributed by atoms with Crippen LogP contribution in [-0.2, 0) is 18.8 Å². The maximum atomic E-state index is 10.1. The molecule has 0 aromatic heterocycles. The molecule has 0 amide bonds. The average Bonchev–Trinajstić information content (AvgIpc) is 1.84. The minimum atomic E-state index is -4.36. The third-order valence-corrected chi connectivity index (χ3v) is 0.868. The lowest BCUT2D eigenvalue weighted by molar-refractivity contribution is -0.255. The first-order valence-electron chi connectivity index (χ1n) is 2.09. The molecule has 0 aliphatic rings. The number of phosphoric acid groups is 1. The predicted molar refractivity (Wildman–Crippen MR) is 26.3 cm³/mol. The molecule has 0 radical (unpaired) electrons. The Kier molecular flexibility index (Phi) is 3.96. The molecule has 2 N–H and O–H groups in total. The third kappa shape index (κ3) is 4.53. The minimum absolute atomic E-state index is 0.0912. The van der Waals surface area contributed by atoms with E-state index in [-0.39, 0.29) is 6.61 Å². The second kappa shape index (κ2) is 3.94. The summed E-state index contributed by atoms with van der Waals surface area (Å²) in [5.41, 5.74) is 0. The van der Waals surface area contributed by atoms with E-state index in [0.717, 1.165) is 0 Å². The maximum absolute atomic E-state index is 10.1. The third-order valence-electron chi connectivity index (χ3n) is 0.368. The van der Waals surface area contributed by atoms with Gasteiger partial charge in [-0.25, -0.2) is 14.7 Å². The zero-order valence-corrected chi connectivity index (χ0v) is 5.58. The molecule has 0 aromatic rings. The summed E-state index contributed by atoms with van der Waals surface area (Å²) in [6.45, 7) is 1.63. The molecule has 9 heavy (non-hydrogen) atoms. The van der Waals surface area contributed by atoms with Crippen molar-refractivity contribution in [1.29, 1.82) is 0 Å². The largest absolute Gasteiger partial charge is 0.526 e. The molecule has 6 nitrogen and oxygen atoms in total. The lowest BCUT2D eigenvalue weighted by Gasteiger charge is -2.03. The van der Waals surface area contributed by atoms with Crippen LogP contribution in [0.25, 0.3) is 0 Å². The van der Waals surface area contributed by atoms with Gasteiger partial charge in [0.15, 0.2) is 0 Å². The van der Waals surface area contributed by atoms with Crippen LogP contribution < -0.4 is 0 Å². The summed E-state index contributed by atoms with van der Waals surface area (Å²) >= 11 is 0. The Morgan fingerprint density at radius 2 is 2.22 bits per heavy atom. The highest BCUT2D eigenvalue weighted by Gasteiger charge is 2.21. The van der Waals surface area contributed by atoms with Crippen LogP contribution in [0, 0.1) is 0 Å². The van der Waals surface area contributed by atoms with Crippen molar-refractivity contribution >= 4 is 7.82 Å². The van der Waals surface area contributed by atoms with E-state index in [9.17, 15) is 4.57 Å². The first-order valence-corrected chi connectivity index (χ1v) is 3.59. The van der Waals surface area contributed by atoms with Crippen LogP contribution in [-0.4, -0.2) is 16.8 Å². The molecule has 7 heteroatoms. The van der Waals surface area contributed by atoms with Gasteiger partial charge in [-0.15, -0.1) is 9.35 Å². The molecular weight excluding hydrogens is 151 g/mol. The molecule has 0 aromatic carbocycles. The van der Waals surface area contributed by atoms with E-state index in [2.05, 4.69) is 14.2 Å². The van der Waals surface area contributed by atoms with E-state index in [1.165, 1.54) is 6.92 Å². The number of hydrogen-bond acceptors (Lipinski definition) is 5. The fourth-order valence-corrected chi connectivity index (χ4v) is 0.399. The smallest absolute Gasteiger partial charge is 0.299 e. The molecule has 1 atom stereocenters. The van der Waals surface area contributed by atoms with Gasteiger partial charge in [0.25, 0.3) is 0 Å². The molecule has 0 bridgehead atoms. The number of hydrogen-bond donors (Lipinski definition) is 2. The van der Waals surface area contributed by atoms with E-state index in [1.54, 1.807) is 0 Å². The Morgan fingerprint density at radius 3 is 2.56 bits per heavy atom. The van der Waals surface area contributed by atoms with Crippen molar-refractivity contribution in [3.63, 3.8) is 0 Å². The van der Waals surface area contributed by atoms with Gasteiger partial charge in [0.05, 0.1) is 6.61 Å². The molecular formula is C2H7O6P. The molecule has 0 fully saturated rings. The fourth-order valence-electron chi connectivity index (χ4n) is 0.133. The Morgan fingerprint density at radius 1 is 1.67 bits per heavy atom. The molecule has 0 rings (SSSR count). The Bertz CT molecular complexity index is 112. The Labute approximate surface area is 51.4 Å². The Balaban J connectivity index is 3.46. The summed E-state index contributed by atoms with van der Waals surface area (Å²) in [7, 11) is -4.36. The maximum Gasteiger partial charge on any atom is 0.526 e. The van der Waals surface area contributed by atoms with Crippen molar-refractivity contribution in [3.05, 3.63) is 0 Å². The molecule has 0 aliphatic heterocycles. The minimum Gasteiger partial charge on any atom is -0.299 e. The van der Waals surface area contributed by atoms with Crippen molar-refractivity contribution < 1.29 is 29.0 Å². The van der Waals surface area contributed by atoms with Gasteiger partial charge in [-0.3, -0.25) is 4.89 Å². The second-order valence-corrected chi connectivity index (χ2v) is 2.28. The van der Waals surface area contributed by atoms with Gasteiger partial charge < -0.3 is 0 Å². The molecule has 1 unspecified atom stereocenters. The van der Waals surface area contributed by atoms with Crippen molar-refractivity contribution in [2.45, 2.75) is 6.92 Å². The van der Waals surface area contributed by atoms with Crippen LogP contribution in [0.3, 0.4) is 0 Å². The van der Waals surface area contributed by atoms with E-state index in [1.807, 2.05) is 0 Å². The summed E-state index contributed by atoms with van der Waals surface area (Å²) in [6.07, 6.45) is 0. The lowest BCUT2D eigenvalue weighted by Crippen LogP contribution is -1.93. The zero-order valence-electron chi connectivity index (χ0n) is 4.68. The molecule has 0 saturated carbocycles. The van der Waals surface area contributed by atoms with Crippen LogP contribution >= 0.6 is 7.82 Å². The summed E-state index contributed by atoms with van der Waals surface area (Å²) in [4.78, 5) is 12.2. The summed E-state index contributed by atoms with van der Waals surface area (Å²) in [5.74, 6) is 0. The van der Waals surface area contributed by atoms with E-state index in [4.69, 9.17) is 10.2 Å². The second-order valence-electron chi connectivity index (χ2n) is 1.03. The van der Waals surface area contributed by atoms with Crippen molar-refractivity contribution in [2.75, 3.05) is 6.61 Å². The molecule has 0 spiro atoms. The van der Waals surface area contributed by atoms with Crippen LogP contribution in [0.5, 0.6) is 0 Å². The van der Waals surface area contributed by atoms with Gasteiger partial charge in [0.1, 0.15) is 0 Å². The molecule has 0 aliphatic carbocycles. The average molecular weight is 158 g/mol. The van der Waals surface area contributed by atoms with Crippen molar-refractivity contribution in [1.82, 2.24) is 0 Å². The first-order chi connectivity index (χ1) is 4.12. The van der Waals surface area contributed by atoms with Gasteiger partial charge in [-0.1, -0.05) is 0 Å². The SMILES string of the molecule is CCOOP(=O)(O)OO. The first kappa shape index (κ1) is 9.03. The quantitative estimate of drug-likeness (QED) is 0.353. The molecule has 0 saturated heterocycles. The van der Waals surface area contributed by atoms with Crippen molar-refractivity contribution in [3.8, 4) is 0 Å². The van der Waals surface area contributed by atoms with Crippen LogP contribution in [0.4, 0.5) is 0 Å². The van der Waals surface area contributed by atoms with Gasteiger partial charge in [0.2, 0.25) is 0 Å². The van der Waals surface area contributed by atoms with Gasteiger partial charge in [-0.2, -0.15) is 0 Å². The highest BCUT2D eigenvalue weighted by atomic mass is 31.2. The molecule has 56 valence electrons. The monoisotopic (exact) mass is 158 g/mol. The van der Waals surface area contributed by atoms with Crippen LogP contribution in [0.2, 0.25) is 0 Å². The summed E-state index contributed by atoms with van der Waals surface area (Å²) in [6, 6.07) is 0. The summed E-state index contributed by atoms with van der Waals surface area (Å²) < 4.78 is 16.7. The topological polar surface area (TPSA) is 85.2 Å². The van der Waals surface area contributed by atoms with E-state index < -0.39 is 7.82 Å². The van der Waals surface area contributed by atoms with Crippen LogP contribution in [0.15, 0.2) is 0 Å². The van der Waals surface area contributed by atoms with Gasteiger partial charge in [-0.05, 0) is 6.92 Å². The van der Waals surface area contributed by atoms with Gasteiger partial charge >= 0.3 is 7.82 Å². The predicted octanol–water partition coefficient (Wildman–Crippen LogP) is 0.544. The Hall–Kier alpha value is 0.0300. The standard InChI is InChI=1S/C2H7O6P/c1-2-6-8-9(4,5)7-3/h3H,2H2,1H3,(H,4,5). The highest BCUT2D eigenvalue weighted by Crippen LogP contribution is 2.41. The van der Waals surface area contributed by atoms with Crippen LogP contribution in [0.1, 0.15) is 6.92 Å². The fraction of sp³-hybridized carbons (Fsp3) is 1.00. The van der Waals surface area contributed by atoms with Crippen molar-refractivity contribution in [2.24, 2.45) is 0 Å². The van der Waals surface area contributed by atoms with Gasteiger partial charge in [0, 0.05) is 0 Å². The highest BCUT2D eigenvalue weighted by molar-refractivity contribution is 7.47. The normalized spacial score (nSPS) is 17.2. The van der Waals surface area contributed by atoms with E-state index in [0.29, 0.717) is 0 Å². The summed E-state index contributed by atoms with van der Waals surface area (Å²) in [5, 5.41) is 7.60. The molecule has 0 heterocycles. The van der Waals surface area contributed by atoms with E-state index >= 15 is 0 Å². The zero-order chi connectivity index (χ0) is 7.33.